The van der Waals surface area contributed by atoms with Gasteiger partial charge in [-0.2, -0.15) is 0 Å². The molecule has 0 bridgehead atoms. The third kappa shape index (κ3) is 3.03. The molecule has 1 aliphatic rings. The molecule has 1 aromatic carbocycles. The lowest BCUT2D eigenvalue weighted by Crippen LogP contribution is -2.40. The van der Waals surface area contributed by atoms with Crippen LogP contribution < -0.4 is 11.1 Å². The van der Waals surface area contributed by atoms with Crippen LogP contribution in [0.25, 0.3) is 0 Å². The maximum atomic E-state index is 6.00. The van der Waals surface area contributed by atoms with E-state index in [0.29, 0.717) is 12.1 Å². The lowest BCUT2D eigenvalue weighted by atomic mass is 10.1. The Labute approximate surface area is 99.4 Å². The molecule has 0 spiro atoms. The molecule has 82 valence electrons. The Hall–Kier alpha value is -0.380. The van der Waals surface area contributed by atoms with E-state index in [0.717, 1.165) is 17.4 Å². The number of rotatable bonds is 3. The van der Waals surface area contributed by atoms with Gasteiger partial charge < -0.3 is 11.1 Å². The second-order valence-corrected chi connectivity index (χ2v) is 5.13. The molecule has 0 aliphatic heterocycles. The second-order valence-electron chi connectivity index (χ2n) is 4.21. The minimum Gasteiger partial charge on any atom is -0.326 e. The van der Waals surface area contributed by atoms with Gasteiger partial charge in [0.1, 0.15) is 0 Å². The van der Waals surface area contributed by atoms with Crippen LogP contribution in [0.3, 0.4) is 0 Å². The van der Waals surface area contributed by atoms with E-state index in [1.54, 1.807) is 0 Å². The predicted molar refractivity (Wildman–Crippen MR) is 66.6 cm³/mol. The van der Waals surface area contributed by atoms with Gasteiger partial charge in [-0.25, -0.2) is 0 Å². The molecule has 0 amide bonds. The lowest BCUT2D eigenvalue weighted by Gasteiger charge is -2.17. The van der Waals surface area contributed by atoms with E-state index in [1.165, 1.54) is 18.4 Å². The van der Waals surface area contributed by atoms with Gasteiger partial charge in [0.05, 0.1) is 0 Å². The minimum atomic E-state index is 0.345. The van der Waals surface area contributed by atoms with E-state index in [4.69, 9.17) is 5.73 Å². The summed E-state index contributed by atoms with van der Waals surface area (Å²) in [4.78, 5) is 0. The third-order valence-corrected chi connectivity index (χ3v) is 3.52. The van der Waals surface area contributed by atoms with E-state index in [-0.39, 0.29) is 0 Å². The summed E-state index contributed by atoms with van der Waals surface area (Å²) in [6, 6.07) is 9.24. The Morgan fingerprint density at radius 1 is 1.40 bits per heavy atom. The van der Waals surface area contributed by atoms with Gasteiger partial charge in [0, 0.05) is 23.1 Å². The van der Waals surface area contributed by atoms with Crippen molar-refractivity contribution in [2.24, 2.45) is 5.73 Å². The summed E-state index contributed by atoms with van der Waals surface area (Å²) in [5, 5.41) is 3.53. The molecule has 1 fully saturated rings. The van der Waals surface area contributed by atoms with E-state index in [9.17, 15) is 0 Å². The van der Waals surface area contributed by atoms with Gasteiger partial charge in [0.15, 0.2) is 0 Å². The van der Waals surface area contributed by atoms with Gasteiger partial charge >= 0.3 is 0 Å². The van der Waals surface area contributed by atoms with Gasteiger partial charge in [-0.1, -0.05) is 34.5 Å². The van der Waals surface area contributed by atoms with Crippen molar-refractivity contribution in [3.05, 3.63) is 34.3 Å². The van der Waals surface area contributed by atoms with Crippen LogP contribution in [0.4, 0.5) is 0 Å². The summed E-state index contributed by atoms with van der Waals surface area (Å²) in [6.45, 7) is 0.914. The first-order valence-corrected chi connectivity index (χ1v) is 6.28. The Bertz CT molecular complexity index is 327. The molecule has 0 aromatic heterocycles. The quantitative estimate of drug-likeness (QED) is 0.884. The molecular weight excluding hydrogens is 252 g/mol. The van der Waals surface area contributed by atoms with Crippen molar-refractivity contribution in [1.29, 1.82) is 0 Å². The smallest absolute Gasteiger partial charge is 0.0222 e. The van der Waals surface area contributed by atoms with Gasteiger partial charge in [-0.05, 0) is 30.5 Å². The number of halogens is 1. The molecule has 2 nitrogen and oxygen atoms in total. The summed E-state index contributed by atoms with van der Waals surface area (Å²) in [6.07, 6.45) is 3.64. The Kier molecular flexibility index (Phi) is 3.78. The van der Waals surface area contributed by atoms with Gasteiger partial charge in [-0.3, -0.25) is 0 Å². The fraction of sp³-hybridized carbons (Fsp3) is 0.500. The SMILES string of the molecule is NC1CCCC1NCc1cccc(Br)c1. The van der Waals surface area contributed by atoms with Crippen molar-refractivity contribution in [3.8, 4) is 0 Å². The van der Waals surface area contributed by atoms with Gasteiger partial charge in [0.2, 0.25) is 0 Å². The maximum absolute atomic E-state index is 6.00. The highest BCUT2D eigenvalue weighted by Gasteiger charge is 2.22. The predicted octanol–water partition coefficient (Wildman–Crippen LogP) is 2.42. The highest BCUT2D eigenvalue weighted by Crippen LogP contribution is 2.18. The lowest BCUT2D eigenvalue weighted by molar-refractivity contribution is 0.475. The molecule has 2 rings (SSSR count). The average molecular weight is 269 g/mol. The second kappa shape index (κ2) is 5.10. The number of hydrogen-bond donors (Lipinski definition) is 2. The highest BCUT2D eigenvalue weighted by atomic mass is 79.9. The van der Waals surface area contributed by atoms with Crippen LogP contribution in [0.2, 0.25) is 0 Å². The van der Waals surface area contributed by atoms with Crippen LogP contribution in [0.5, 0.6) is 0 Å². The molecule has 3 heteroatoms. The van der Waals surface area contributed by atoms with Gasteiger partial charge in [0.25, 0.3) is 0 Å². The number of nitrogens with one attached hydrogen (secondary N) is 1. The van der Waals surface area contributed by atoms with Crippen LogP contribution in [-0.4, -0.2) is 12.1 Å². The standard InChI is InChI=1S/C12H17BrN2/c13-10-4-1-3-9(7-10)8-15-12-6-2-5-11(12)14/h1,3-4,7,11-12,15H,2,5-6,8,14H2. The summed E-state index contributed by atoms with van der Waals surface area (Å²) in [5.74, 6) is 0. The fourth-order valence-corrected chi connectivity index (χ4v) is 2.58. The summed E-state index contributed by atoms with van der Waals surface area (Å²) in [7, 11) is 0. The third-order valence-electron chi connectivity index (χ3n) is 3.03. The molecule has 0 radical (unpaired) electrons. The number of nitrogens with two attached hydrogens (primary N) is 1. The summed E-state index contributed by atoms with van der Waals surface area (Å²) in [5.41, 5.74) is 7.31. The normalized spacial score (nSPS) is 25.7. The van der Waals surface area contributed by atoms with Crippen molar-refractivity contribution >= 4 is 15.9 Å². The Morgan fingerprint density at radius 3 is 2.93 bits per heavy atom. The molecular formula is C12H17BrN2. The van der Waals surface area contributed by atoms with E-state index >= 15 is 0 Å². The average Bonchev–Trinajstić information content (AvgIpc) is 2.61. The summed E-state index contributed by atoms with van der Waals surface area (Å²) >= 11 is 3.48. The fourth-order valence-electron chi connectivity index (χ4n) is 2.14. The summed E-state index contributed by atoms with van der Waals surface area (Å²) < 4.78 is 1.14. The molecule has 15 heavy (non-hydrogen) atoms. The zero-order valence-electron chi connectivity index (χ0n) is 8.75. The van der Waals surface area contributed by atoms with Crippen LogP contribution in [0.15, 0.2) is 28.7 Å². The number of benzene rings is 1. The minimum absolute atomic E-state index is 0.345. The topological polar surface area (TPSA) is 38.0 Å². The zero-order valence-corrected chi connectivity index (χ0v) is 10.3. The van der Waals surface area contributed by atoms with Crippen molar-refractivity contribution in [1.82, 2.24) is 5.32 Å². The van der Waals surface area contributed by atoms with E-state index < -0.39 is 0 Å². The van der Waals surface area contributed by atoms with E-state index in [1.807, 2.05) is 6.07 Å². The first-order chi connectivity index (χ1) is 7.25. The van der Waals surface area contributed by atoms with Crippen molar-refractivity contribution < 1.29 is 0 Å². The first-order valence-electron chi connectivity index (χ1n) is 5.49. The maximum Gasteiger partial charge on any atom is 0.0222 e. The van der Waals surface area contributed by atoms with Crippen molar-refractivity contribution in [2.45, 2.75) is 37.9 Å². The molecule has 0 saturated heterocycles. The molecule has 2 atom stereocenters. The van der Waals surface area contributed by atoms with Crippen LogP contribution in [0.1, 0.15) is 24.8 Å². The Morgan fingerprint density at radius 2 is 2.27 bits per heavy atom. The highest BCUT2D eigenvalue weighted by molar-refractivity contribution is 9.10. The first kappa shape index (κ1) is 11.1. The van der Waals surface area contributed by atoms with Crippen LogP contribution >= 0.6 is 15.9 Å². The molecule has 1 aliphatic carbocycles. The van der Waals surface area contributed by atoms with Crippen LogP contribution in [-0.2, 0) is 6.54 Å². The molecule has 1 saturated carbocycles. The zero-order chi connectivity index (χ0) is 10.7. The van der Waals surface area contributed by atoms with Gasteiger partial charge in [-0.15, -0.1) is 0 Å². The molecule has 1 aromatic rings. The van der Waals surface area contributed by atoms with Crippen molar-refractivity contribution in [2.75, 3.05) is 0 Å². The number of hydrogen-bond acceptors (Lipinski definition) is 2. The Balaban J connectivity index is 1.87. The van der Waals surface area contributed by atoms with Crippen LogP contribution in [0, 0.1) is 0 Å². The van der Waals surface area contributed by atoms with Crippen molar-refractivity contribution in [3.63, 3.8) is 0 Å². The molecule has 3 N–H and O–H groups in total. The molecule has 2 unspecified atom stereocenters. The largest absolute Gasteiger partial charge is 0.326 e. The van der Waals surface area contributed by atoms with E-state index in [2.05, 4.69) is 39.4 Å². The molecule has 0 heterocycles. The monoisotopic (exact) mass is 268 g/mol.